The Balaban J connectivity index is 1.59. The molecule has 0 saturated carbocycles. The van der Waals surface area contributed by atoms with Crippen molar-refractivity contribution in [3.05, 3.63) is 16.9 Å². The van der Waals surface area contributed by atoms with Crippen LogP contribution in [0.25, 0.3) is 0 Å². The standard InChI is InChI=1S/C12H17BrN4O/c13-9-7-15-17(8-9)10-2-5-16(6-3-10)11-1-4-14-12(11)18/h7-8,10-11H,1-6H2,(H,14,18)/t11-/m0/s1. The molecule has 0 spiro atoms. The molecule has 6 heteroatoms. The molecule has 98 valence electrons. The molecule has 2 saturated heterocycles. The molecule has 2 aliphatic rings. The lowest BCUT2D eigenvalue weighted by Crippen LogP contribution is -2.45. The highest BCUT2D eigenvalue weighted by Gasteiger charge is 2.33. The van der Waals surface area contributed by atoms with E-state index in [1.807, 2.05) is 17.1 Å². The van der Waals surface area contributed by atoms with Gasteiger partial charge in [0, 0.05) is 25.8 Å². The number of nitrogens with zero attached hydrogens (tertiary/aromatic N) is 3. The van der Waals surface area contributed by atoms with E-state index in [9.17, 15) is 4.79 Å². The van der Waals surface area contributed by atoms with Crippen molar-refractivity contribution in [2.24, 2.45) is 0 Å². The Morgan fingerprint density at radius 2 is 2.11 bits per heavy atom. The van der Waals surface area contributed by atoms with E-state index in [-0.39, 0.29) is 11.9 Å². The fourth-order valence-electron chi connectivity index (χ4n) is 2.91. The number of carbonyl (C=O) groups excluding carboxylic acids is 1. The lowest BCUT2D eigenvalue weighted by molar-refractivity contribution is -0.124. The first kappa shape index (κ1) is 12.2. The van der Waals surface area contributed by atoms with Gasteiger partial charge in [0.05, 0.1) is 22.8 Å². The number of halogens is 1. The maximum absolute atomic E-state index is 11.7. The predicted molar refractivity (Wildman–Crippen MR) is 71.2 cm³/mol. The first-order valence-corrected chi connectivity index (χ1v) is 7.25. The third-order valence-corrected chi connectivity index (χ3v) is 4.31. The summed E-state index contributed by atoms with van der Waals surface area (Å²) in [5.74, 6) is 0.204. The second-order valence-electron chi connectivity index (χ2n) is 5.00. The first-order chi connectivity index (χ1) is 8.74. The first-order valence-electron chi connectivity index (χ1n) is 6.45. The zero-order valence-corrected chi connectivity index (χ0v) is 11.8. The normalized spacial score (nSPS) is 26.5. The number of hydrogen-bond acceptors (Lipinski definition) is 3. The van der Waals surface area contributed by atoms with Crippen molar-refractivity contribution < 1.29 is 4.79 Å². The van der Waals surface area contributed by atoms with Gasteiger partial charge in [-0.1, -0.05) is 0 Å². The van der Waals surface area contributed by atoms with Gasteiger partial charge < -0.3 is 5.32 Å². The van der Waals surface area contributed by atoms with Gasteiger partial charge in [-0.05, 0) is 35.2 Å². The summed E-state index contributed by atoms with van der Waals surface area (Å²) < 4.78 is 3.07. The van der Waals surface area contributed by atoms with Crippen LogP contribution < -0.4 is 5.32 Å². The van der Waals surface area contributed by atoms with E-state index in [0.29, 0.717) is 6.04 Å². The van der Waals surface area contributed by atoms with Gasteiger partial charge in [0.15, 0.2) is 0 Å². The number of hydrogen-bond donors (Lipinski definition) is 1. The van der Waals surface area contributed by atoms with Crippen LogP contribution in [0.1, 0.15) is 25.3 Å². The van der Waals surface area contributed by atoms with Crippen molar-refractivity contribution in [3.63, 3.8) is 0 Å². The van der Waals surface area contributed by atoms with Crippen molar-refractivity contribution in [1.29, 1.82) is 0 Å². The van der Waals surface area contributed by atoms with Crippen molar-refractivity contribution in [2.45, 2.75) is 31.3 Å². The van der Waals surface area contributed by atoms with Crippen LogP contribution in [-0.2, 0) is 4.79 Å². The van der Waals surface area contributed by atoms with Crippen LogP contribution in [0.15, 0.2) is 16.9 Å². The van der Waals surface area contributed by atoms with Crippen LogP contribution in [0, 0.1) is 0 Å². The molecule has 1 aromatic heterocycles. The summed E-state index contributed by atoms with van der Waals surface area (Å²) in [6, 6.07) is 0.576. The van der Waals surface area contributed by atoms with E-state index in [1.54, 1.807) is 0 Å². The molecular formula is C12H17BrN4O. The van der Waals surface area contributed by atoms with E-state index in [2.05, 4.69) is 31.2 Å². The maximum Gasteiger partial charge on any atom is 0.237 e. The van der Waals surface area contributed by atoms with E-state index in [0.717, 1.165) is 43.4 Å². The quantitative estimate of drug-likeness (QED) is 0.892. The van der Waals surface area contributed by atoms with Gasteiger partial charge in [0.1, 0.15) is 0 Å². The molecule has 0 aliphatic carbocycles. The molecule has 0 radical (unpaired) electrons. The van der Waals surface area contributed by atoms with E-state index < -0.39 is 0 Å². The number of aromatic nitrogens is 2. The minimum atomic E-state index is 0.107. The molecule has 1 aromatic rings. The summed E-state index contributed by atoms with van der Waals surface area (Å²) in [6.45, 7) is 2.80. The highest BCUT2D eigenvalue weighted by Crippen LogP contribution is 2.25. The summed E-state index contributed by atoms with van der Waals surface area (Å²) in [7, 11) is 0. The Labute approximate surface area is 115 Å². The third kappa shape index (κ3) is 2.31. The number of piperidine rings is 1. The van der Waals surface area contributed by atoms with Crippen LogP contribution in [-0.4, -0.2) is 46.3 Å². The zero-order valence-electron chi connectivity index (χ0n) is 10.2. The van der Waals surface area contributed by atoms with Crippen LogP contribution in [0.3, 0.4) is 0 Å². The van der Waals surface area contributed by atoms with E-state index in [4.69, 9.17) is 0 Å². The lowest BCUT2D eigenvalue weighted by atomic mass is 10.0. The van der Waals surface area contributed by atoms with Crippen molar-refractivity contribution >= 4 is 21.8 Å². The second-order valence-corrected chi connectivity index (χ2v) is 5.92. The minimum absolute atomic E-state index is 0.107. The predicted octanol–water partition coefficient (Wildman–Crippen LogP) is 1.17. The summed E-state index contributed by atoms with van der Waals surface area (Å²) in [6.07, 6.45) is 6.95. The Morgan fingerprint density at radius 3 is 2.67 bits per heavy atom. The number of amides is 1. The van der Waals surface area contributed by atoms with Gasteiger partial charge in [-0.15, -0.1) is 0 Å². The van der Waals surface area contributed by atoms with Gasteiger partial charge in [-0.3, -0.25) is 14.4 Å². The second kappa shape index (κ2) is 5.01. The van der Waals surface area contributed by atoms with E-state index in [1.165, 1.54) is 0 Å². The van der Waals surface area contributed by atoms with Gasteiger partial charge in [0.2, 0.25) is 5.91 Å². The number of carbonyl (C=O) groups is 1. The van der Waals surface area contributed by atoms with Crippen molar-refractivity contribution in [3.8, 4) is 0 Å². The molecule has 3 heterocycles. The maximum atomic E-state index is 11.7. The monoisotopic (exact) mass is 312 g/mol. The van der Waals surface area contributed by atoms with Crippen LogP contribution in [0.5, 0.6) is 0 Å². The Kier molecular flexibility index (Phi) is 3.39. The summed E-state index contributed by atoms with van der Waals surface area (Å²) in [4.78, 5) is 14.0. The largest absolute Gasteiger partial charge is 0.355 e. The molecule has 18 heavy (non-hydrogen) atoms. The average molecular weight is 313 g/mol. The zero-order chi connectivity index (χ0) is 12.5. The highest BCUT2D eigenvalue weighted by atomic mass is 79.9. The fourth-order valence-corrected chi connectivity index (χ4v) is 3.21. The summed E-state index contributed by atoms with van der Waals surface area (Å²) in [5, 5.41) is 7.26. The summed E-state index contributed by atoms with van der Waals surface area (Å²) in [5.41, 5.74) is 0. The summed E-state index contributed by atoms with van der Waals surface area (Å²) >= 11 is 3.43. The van der Waals surface area contributed by atoms with Crippen LogP contribution >= 0.6 is 15.9 Å². The molecule has 1 N–H and O–H groups in total. The smallest absolute Gasteiger partial charge is 0.237 e. The average Bonchev–Trinajstić information content (AvgIpc) is 2.98. The number of nitrogens with one attached hydrogen (secondary N) is 1. The molecule has 0 bridgehead atoms. The Hall–Kier alpha value is -0.880. The Morgan fingerprint density at radius 1 is 1.33 bits per heavy atom. The fraction of sp³-hybridized carbons (Fsp3) is 0.667. The van der Waals surface area contributed by atoms with Gasteiger partial charge in [-0.2, -0.15) is 5.10 Å². The van der Waals surface area contributed by atoms with E-state index >= 15 is 0 Å². The van der Waals surface area contributed by atoms with Gasteiger partial charge in [0.25, 0.3) is 0 Å². The topological polar surface area (TPSA) is 50.2 Å². The molecule has 0 unspecified atom stereocenters. The SMILES string of the molecule is O=C1NCC[C@@H]1N1CCC(n2cc(Br)cn2)CC1. The van der Waals surface area contributed by atoms with Crippen LogP contribution in [0.2, 0.25) is 0 Å². The van der Waals surface area contributed by atoms with Gasteiger partial charge in [-0.25, -0.2) is 0 Å². The third-order valence-electron chi connectivity index (χ3n) is 3.90. The number of likely N-dealkylation sites (tertiary alicyclic amines) is 1. The molecule has 2 fully saturated rings. The molecule has 2 aliphatic heterocycles. The highest BCUT2D eigenvalue weighted by molar-refractivity contribution is 9.10. The lowest BCUT2D eigenvalue weighted by Gasteiger charge is -2.34. The molecule has 1 amide bonds. The number of rotatable bonds is 2. The van der Waals surface area contributed by atoms with Crippen LogP contribution in [0.4, 0.5) is 0 Å². The molecular weight excluding hydrogens is 296 g/mol. The van der Waals surface area contributed by atoms with Gasteiger partial charge >= 0.3 is 0 Å². The minimum Gasteiger partial charge on any atom is -0.355 e. The molecule has 1 atom stereocenters. The molecule has 0 aromatic carbocycles. The van der Waals surface area contributed by atoms with Crippen molar-refractivity contribution in [2.75, 3.05) is 19.6 Å². The Bertz CT molecular complexity index is 439. The molecule has 3 rings (SSSR count). The van der Waals surface area contributed by atoms with Crippen molar-refractivity contribution in [1.82, 2.24) is 20.0 Å². The molecule has 5 nitrogen and oxygen atoms in total.